The van der Waals surface area contributed by atoms with E-state index in [1.54, 1.807) is 28.8 Å². The molecule has 0 bridgehead atoms. The minimum absolute atomic E-state index is 0.0675. The Bertz CT molecular complexity index is 1520. The van der Waals surface area contributed by atoms with Crippen LogP contribution in [0.3, 0.4) is 0 Å². The average Bonchev–Trinajstić information content (AvgIpc) is 3.31. The van der Waals surface area contributed by atoms with Crippen molar-refractivity contribution in [3.63, 3.8) is 0 Å². The van der Waals surface area contributed by atoms with Gasteiger partial charge in [-0.2, -0.15) is 4.52 Å². The van der Waals surface area contributed by atoms with Gasteiger partial charge in [0.05, 0.1) is 4.90 Å². The number of ether oxygens (including phenoxy) is 2. The number of hydrogen-bond donors (Lipinski definition) is 1. The monoisotopic (exact) mass is 487 g/mol. The SMILES string of the molecule is O=S(=O)(NCCOc1ccc2nnc(-c3ccccc3)n2n1)c1ccc(Oc2ccccc2)cc1. The molecule has 0 aliphatic rings. The van der Waals surface area contributed by atoms with Gasteiger partial charge in [0.25, 0.3) is 0 Å². The van der Waals surface area contributed by atoms with E-state index in [-0.39, 0.29) is 18.0 Å². The maximum atomic E-state index is 12.6. The largest absolute Gasteiger partial charge is 0.475 e. The second-order valence-electron chi connectivity index (χ2n) is 7.46. The fourth-order valence-electron chi connectivity index (χ4n) is 3.34. The van der Waals surface area contributed by atoms with Crippen molar-refractivity contribution < 1.29 is 17.9 Å². The second kappa shape index (κ2) is 9.92. The summed E-state index contributed by atoms with van der Waals surface area (Å²) in [5.41, 5.74) is 1.45. The highest BCUT2D eigenvalue weighted by molar-refractivity contribution is 7.89. The van der Waals surface area contributed by atoms with E-state index < -0.39 is 10.0 Å². The third-order valence-corrected chi connectivity index (χ3v) is 6.50. The first-order chi connectivity index (χ1) is 17.1. The summed E-state index contributed by atoms with van der Waals surface area (Å²) in [6.45, 7) is 0.160. The Morgan fingerprint density at radius 3 is 2.20 bits per heavy atom. The zero-order valence-corrected chi connectivity index (χ0v) is 19.3. The first-order valence-electron chi connectivity index (χ1n) is 10.8. The van der Waals surface area contributed by atoms with Crippen molar-refractivity contribution in [1.29, 1.82) is 0 Å². The summed E-state index contributed by atoms with van der Waals surface area (Å²) in [7, 11) is -3.70. The van der Waals surface area contributed by atoms with Gasteiger partial charge in [-0.15, -0.1) is 15.3 Å². The molecule has 3 aromatic carbocycles. The van der Waals surface area contributed by atoms with Crippen molar-refractivity contribution in [2.45, 2.75) is 4.90 Å². The van der Waals surface area contributed by atoms with Crippen molar-refractivity contribution in [2.24, 2.45) is 0 Å². The quantitative estimate of drug-likeness (QED) is 0.314. The number of rotatable bonds is 9. The number of nitrogens with one attached hydrogen (secondary N) is 1. The zero-order chi connectivity index (χ0) is 24.1. The normalized spacial score (nSPS) is 11.4. The van der Waals surface area contributed by atoms with Gasteiger partial charge in [0.15, 0.2) is 11.5 Å². The predicted octanol–water partition coefficient (Wildman–Crippen LogP) is 3.94. The third kappa shape index (κ3) is 5.29. The Labute approximate surface area is 202 Å². The van der Waals surface area contributed by atoms with Crippen LogP contribution in [0.4, 0.5) is 0 Å². The van der Waals surface area contributed by atoms with E-state index in [2.05, 4.69) is 20.0 Å². The Morgan fingerprint density at radius 2 is 1.46 bits per heavy atom. The smallest absolute Gasteiger partial charge is 0.240 e. The van der Waals surface area contributed by atoms with Crippen molar-refractivity contribution in [3.05, 3.63) is 97.1 Å². The molecule has 1 N–H and O–H groups in total. The Morgan fingerprint density at radius 1 is 0.771 bits per heavy atom. The lowest BCUT2D eigenvalue weighted by Crippen LogP contribution is -2.28. The van der Waals surface area contributed by atoms with Crippen LogP contribution in [-0.4, -0.2) is 41.4 Å². The first-order valence-corrected chi connectivity index (χ1v) is 12.3. The molecule has 9 nitrogen and oxygen atoms in total. The van der Waals surface area contributed by atoms with Gasteiger partial charge in [-0.05, 0) is 42.5 Å². The maximum Gasteiger partial charge on any atom is 0.240 e. The number of nitrogens with zero attached hydrogens (tertiary/aromatic N) is 4. The topological polar surface area (TPSA) is 108 Å². The van der Waals surface area contributed by atoms with Gasteiger partial charge in [0, 0.05) is 18.2 Å². The van der Waals surface area contributed by atoms with Crippen molar-refractivity contribution in [3.8, 4) is 28.8 Å². The molecule has 0 fully saturated rings. The van der Waals surface area contributed by atoms with Crippen LogP contribution in [0, 0.1) is 0 Å². The van der Waals surface area contributed by atoms with E-state index in [1.807, 2.05) is 60.7 Å². The molecule has 5 aromatic rings. The van der Waals surface area contributed by atoms with Crippen molar-refractivity contribution in [2.75, 3.05) is 13.2 Å². The molecule has 2 aromatic heterocycles. The molecule has 176 valence electrons. The van der Waals surface area contributed by atoms with E-state index in [0.717, 1.165) is 5.56 Å². The summed E-state index contributed by atoms with van der Waals surface area (Å²) < 4.78 is 40.7. The summed E-state index contributed by atoms with van der Waals surface area (Å²) in [6.07, 6.45) is 0. The Kier molecular flexibility index (Phi) is 6.38. The lowest BCUT2D eigenvalue weighted by molar-refractivity contribution is 0.306. The third-order valence-electron chi connectivity index (χ3n) is 5.03. The Hall–Kier alpha value is -4.28. The number of sulfonamides is 1. The molecular weight excluding hydrogens is 466 g/mol. The van der Waals surface area contributed by atoms with E-state index >= 15 is 0 Å². The van der Waals surface area contributed by atoms with E-state index in [4.69, 9.17) is 9.47 Å². The molecule has 0 unspecified atom stereocenters. The van der Waals surface area contributed by atoms with Gasteiger partial charge in [-0.3, -0.25) is 0 Å². The molecule has 2 heterocycles. The molecule has 35 heavy (non-hydrogen) atoms. The highest BCUT2D eigenvalue weighted by Crippen LogP contribution is 2.22. The molecule has 0 amide bonds. The zero-order valence-electron chi connectivity index (χ0n) is 18.5. The van der Waals surface area contributed by atoms with E-state index in [1.165, 1.54) is 12.1 Å². The average molecular weight is 488 g/mol. The standard InChI is InChI=1S/C25H21N5O4S/c31-35(32,22-13-11-21(12-14-22)34-20-9-5-2-6-10-20)26-17-18-33-24-16-15-23-27-28-25(30(23)29-24)19-7-3-1-4-8-19/h1-16,26H,17-18H2. The van der Waals surface area contributed by atoms with Gasteiger partial charge in [0.2, 0.25) is 15.9 Å². The maximum absolute atomic E-state index is 12.6. The molecule has 10 heteroatoms. The van der Waals surface area contributed by atoms with Gasteiger partial charge < -0.3 is 9.47 Å². The summed E-state index contributed by atoms with van der Waals surface area (Å²) in [5, 5.41) is 12.7. The van der Waals surface area contributed by atoms with Crippen LogP contribution in [0.25, 0.3) is 17.0 Å². The molecule has 0 spiro atoms. The molecule has 0 atom stereocenters. The minimum Gasteiger partial charge on any atom is -0.475 e. The highest BCUT2D eigenvalue weighted by Gasteiger charge is 2.14. The fraction of sp³-hybridized carbons (Fsp3) is 0.0800. The number of aromatic nitrogens is 4. The lowest BCUT2D eigenvalue weighted by Gasteiger charge is -2.10. The van der Waals surface area contributed by atoms with Crippen molar-refractivity contribution in [1.82, 2.24) is 24.5 Å². The summed E-state index contributed by atoms with van der Waals surface area (Å²) in [5.74, 6) is 2.14. The van der Waals surface area contributed by atoms with Crippen LogP contribution in [0.15, 0.2) is 102 Å². The fourth-order valence-corrected chi connectivity index (χ4v) is 4.36. The summed E-state index contributed by atoms with van der Waals surface area (Å²) >= 11 is 0. The van der Waals surface area contributed by atoms with Crippen molar-refractivity contribution >= 4 is 15.7 Å². The molecule has 0 saturated carbocycles. The lowest BCUT2D eigenvalue weighted by atomic mass is 10.2. The van der Waals surface area contributed by atoms with Gasteiger partial charge in [-0.25, -0.2) is 13.1 Å². The molecule has 0 aliphatic heterocycles. The minimum atomic E-state index is -3.70. The molecule has 0 aliphatic carbocycles. The van der Waals surface area contributed by atoms with Gasteiger partial charge in [-0.1, -0.05) is 48.5 Å². The summed E-state index contributed by atoms with van der Waals surface area (Å²) in [6, 6.07) is 28.5. The second-order valence-corrected chi connectivity index (χ2v) is 9.23. The van der Waals surface area contributed by atoms with E-state index in [0.29, 0.717) is 28.9 Å². The van der Waals surface area contributed by atoms with Crippen LogP contribution in [0.2, 0.25) is 0 Å². The van der Waals surface area contributed by atoms with Crippen LogP contribution in [0.1, 0.15) is 0 Å². The number of benzene rings is 3. The van der Waals surface area contributed by atoms with Crippen LogP contribution in [-0.2, 0) is 10.0 Å². The number of hydrogen-bond acceptors (Lipinski definition) is 7. The molecule has 0 saturated heterocycles. The molecule has 0 radical (unpaired) electrons. The van der Waals surface area contributed by atoms with Gasteiger partial charge >= 0.3 is 0 Å². The number of fused-ring (bicyclic) bond motifs is 1. The highest BCUT2D eigenvalue weighted by atomic mass is 32.2. The van der Waals surface area contributed by atoms with Crippen LogP contribution >= 0.6 is 0 Å². The van der Waals surface area contributed by atoms with Crippen LogP contribution < -0.4 is 14.2 Å². The number of para-hydroxylation sites is 1. The van der Waals surface area contributed by atoms with Gasteiger partial charge in [0.1, 0.15) is 18.1 Å². The van der Waals surface area contributed by atoms with E-state index in [9.17, 15) is 8.42 Å². The molecule has 5 rings (SSSR count). The Balaban J connectivity index is 1.18. The first kappa shape index (κ1) is 22.5. The molecular formula is C25H21N5O4S. The van der Waals surface area contributed by atoms with Crippen LogP contribution in [0.5, 0.6) is 17.4 Å². The summed E-state index contributed by atoms with van der Waals surface area (Å²) in [4.78, 5) is 0.134. The predicted molar refractivity (Wildman–Crippen MR) is 130 cm³/mol.